The Kier molecular flexibility index (Phi) is 5.28. The number of amides is 1. The second kappa shape index (κ2) is 7.32. The van der Waals surface area contributed by atoms with Gasteiger partial charge in [0.15, 0.2) is 5.54 Å². The lowest BCUT2D eigenvalue weighted by molar-refractivity contribution is -0.201. The molecule has 156 valence electrons. The van der Waals surface area contributed by atoms with E-state index in [1.807, 2.05) is 27.7 Å². The molecule has 0 saturated carbocycles. The number of rotatable bonds is 2. The number of nitriles is 1. The van der Waals surface area contributed by atoms with Gasteiger partial charge in [0.2, 0.25) is 0 Å². The van der Waals surface area contributed by atoms with E-state index in [-0.39, 0.29) is 22.1 Å². The maximum Gasteiger partial charge on any atom is 0.416 e. The summed E-state index contributed by atoms with van der Waals surface area (Å²) < 4.78 is 43.4. The van der Waals surface area contributed by atoms with Crippen molar-refractivity contribution >= 4 is 11.5 Å². The molecule has 0 spiro atoms. The van der Waals surface area contributed by atoms with Gasteiger partial charge in [-0.05, 0) is 34.6 Å². The van der Waals surface area contributed by atoms with E-state index in [1.54, 1.807) is 42.5 Å². The fourth-order valence-corrected chi connectivity index (χ4v) is 3.67. The number of halogens is 3. The Balaban J connectivity index is 2.19. The summed E-state index contributed by atoms with van der Waals surface area (Å²) in [6.45, 7) is 7.78. The third-order valence-corrected chi connectivity index (χ3v) is 5.54. The van der Waals surface area contributed by atoms with Gasteiger partial charge < -0.3 is 5.32 Å². The fraction of sp³-hybridized carbons (Fsp3) is 0.333. The van der Waals surface area contributed by atoms with Crippen LogP contribution in [0.3, 0.4) is 0 Å². The Morgan fingerprint density at radius 2 is 1.57 bits per heavy atom. The van der Waals surface area contributed by atoms with Crippen LogP contribution in [-0.2, 0) is 15.7 Å². The zero-order valence-corrected chi connectivity index (χ0v) is 17.3. The Morgan fingerprint density at radius 1 is 1.00 bits per heavy atom. The van der Waals surface area contributed by atoms with Gasteiger partial charge in [0.1, 0.15) is 11.6 Å². The molecule has 1 atom stereocenters. The topological polar surface area (TPSA) is 52.9 Å². The smallest absolute Gasteiger partial charge is 0.333 e. The lowest BCUT2D eigenvalue weighted by Crippen LogP contribution is -2.58. The maximum absolute atomic E-state index is 14.5. The predicted octanol–water partition coefficient (Wildman–Crippen LogP) is 5.55. The zero-order valence-electron chi connectivity index (χ0n) is 17.3. The molecule has 6 heteroatoms. The molecule has 0 radical (unpaired) electrons. The SMILES string of the molecule is Cc1ccc(C2=C(C#N)C(=O)NC(c3ccc(C(C)(C)C)cc3)(C(F)(F)F)C2)cc1. The summed E-state index contributed by atoms with van der Waals surface area (Å²) >= 11 is 0. The normalized spacial score (nSPS) is 20.0. The number of nitrogens with one attached hydrogen (secondary N) is 1. The molecular formula is C24H23F3N2O. The van der Waals surface area contributed by atoms with E-state index >= 15 is 0 Å². The average Bonchev–Trinajstić information content (AvgIpc) is 2.66. The van der Waals surface area contributed by atoms with Crippen LogP contribution in [0.25, 0.3) is 5.57 Å². The molecule has 1 N–H and O–H groups in total. The third kappa shape index (κ3) is 3.72. The summed E-state index contributed by atoms with van der Waals surface area (Å²) in [6.07, 6.45) is -5.31. The van der Waals surface area contributed by atoms with Crippen molar-refractivity contribution in [3.05, 3.63) is 76.4 Å². The van der Waals surface area contributed by atoms with E-state index < -0.39 is 24.0 Å². The van der Waals surface area contributed by atoms with E-state index in [0.717, 1.165) is 11.1 Å². The van der Waals surface area contributed by atoms with E-state index in [0.29, 0.717) is 5.56 Å². The number of carbonyl (C=O) groups excluding carboxylic acids is 1. The minimum absolute atomic E-state index is 0.0575. The molecule has 0 aliphatic carbocycles. The molecule has 1 heterocycles. The van der Waals surface area contributed by atoms with Crippen LogP contribution in [-0.4, -0.2) is 12.1 Å². The quantitative estimate of drug-likeness (QED) is 0.703. The zero-order chi connectivity index (χ0) is 22.3. The van der Waals surface area contributed by atoms with Crippen LogP contribution in [0.1, 0.15) is 49.4 Å². The van der Waals surface area contributed by atoms with Gasteiger partial charge in [-0.15, -0.1) is 0 Å². The number of hydrogen-bond donors (Lipinski definition) is 1. The second-order valence-corrected chi connectivity index (χ2v) is 8.69. The van der Waals surface area contributed by atoms with Gasteiger partial charge in [-0.2, -0.15) is 18.4 Å². The molecular weight excluding hydrogens is 389 g/mol. The number of hydrogen-bond acceptors (Lipinski definition) is 2. The summed E-state index contributed by atoms with van der Waals surface area (Å²) in [7, 11) is 0. The first-order chi connectivity index (χ1) is 13.9. The van der Waals surface area contributed by atoms with Crippen LogP contribution in [0.15, 0.2) is 54.1 Å². The van der Waals surface area contributed by atoms with Crippen molar-refractivity contribution in [1.82, 2.24) is 5.32 Å². The molecule has 2 aromatic carbocycles. The van der Waals surface area contributed by atoms with Crippen molar-refractivity contribution in [2.24, 2.45) is 0 Å². The summed E-state index contributed by atoms with van der Waals surface area (Å²) in [4.78, 5) is 12.6. The highest BCUT2D eigenvalue weighted by molar-refractivity contribution is 6.07. The summed E-state index contributed by atoms with van der Waals surface area (Å²) in [5.74, 6) is -1.02. The monoisotopic (exact) mass is 412 g/mol. The average molecular weight is 412 g/mol. The van der Waals surface area contributed by atoms with Crippen molar-refractivity contribution in [2.75, 3.05) is 0 Å². The first-order valence-corrected chi connectivity index (χ1v) is 9.59. The first-order valence-electron chi connectivity index (χ1n) is 9.59. The van der Waals surface area contributed by atoms with Gasteiger partial charge >= 0.3 is 6.18 Å². The van der Waals surface area contributed by atoms with Crippen LogP contribution < -0.4 is 5.32 Å². The number of aryl methyl sites for hydroxylation is 1. The molecule has 30 heavy (non-hydrogen) atoms. The molecule has 0 fully saturated rings. The molecule has 1 aliphatic rings. The molecule has 3 nitrogen and oxygen atoms in total. The van der Waals surface area contributed by atoms with Gasteiger partial charge in [0.25, 0.3) is 5.91 Å². The Bertz CT molecular complexity index is 1040. The van der Waals surface area contributed by atoms with Crippen molar-refractivity contribution in [2.45, 2.75) is 51.2 Å². The number of nitrogens with zero attached hydrogens (tertiary/aromatic N) is 1. The first kappa shape index (κ1) is 21.6. The summed E-state index contributed by atoms with van der Waals surface area (Å²) in [5.41, 5.74) is -0.828. The molecule has 3 rings (SSSR count). The van der Waals surface area contributed by atoms with Gasteiger partial charge in [0.05, 0.1) is 0 Å². The van der Waals surface area contributed by atoms with E-state index in [4.69, 9.17) is 0 Å². The molecule has 2 aromatic rings. The Hall–Kier alpha value is -3.07. The molecule has 1 unspecified atom stereocenters. The summed E-state index contributed by atoms with van der Waals surface area (Å²) in [6, 6.07) is 14.7. The van der Waals surface area contributed by atoms with E-state index in [2.05, 4.69) is 5.32 Å². The highest BCUT2D eigenvalue weighted by atomic mass is 19.4. The van der Waals surface area contributed by atoms with Crippen LogP contribution in [0.2, 0.25) is 0 Å². The van der Waals surface area contributed by atoms with Crippen LogP contribution in [0.5, 0.6) is 0 Å². The molecule has 0 aromatic heterocycles. The Labute approximate surface area is 174 Å². The highest BCUT2D eigenvalue weighted by Gasteiger charge is 2.59. The number of alkyl halides is 3. The number of benzene rings is 2. The molecule has 0 saturated heterocycles. The van der Waals surface area contributed by atoms with E-state index in [9.17, 15) is 23.2 Å². The van der Waals surface area contributed by atoms with Crippen molar-refractivity contribution in [3.8, 4) is 6.07 Å². The van der Waals surface area contributed by atoms with Crippen molar-refractivity contribution < 1.29 is 18.0 Å². The lowest BCUT2D eigenvalue weighted by Gasteiger charge is -2.41. The van der Waals surface area contributed by atoms with Gasteiger partial charge in [0, 0.05) is 6.42 Å². The molecule has 1 amide bonds. The van der Waals surface area contributed by atoms with Crippen LogP contribution in [0.4, 0.5) is 13.2 Å². The Morgan fingerprint density at radius 3 is 2.03 bits per heavy atom. The van der Waals surface area contributed by atoms with Crippen molar-refractivity contribution in [1.29, 1.82) is 5.26 Å². The standard InChI is InChI=1S/C24H23F3N2O/c1-15-5-7-16(8-6-15)19-13-23(24(25,26)27,29-21(30)20(19)14-28)18-11-9-17(10-12-18)22(2,3)4/h5-12H,13H2,1-4H3,(H,29,30). The van der Waals surface area contributed by atoms with Crippen LogP contribution >= 0.6 is 0 Å². The number of carbonyl (C=O) groups is 1. The third-order valence-electron chi connectivity index (χ3n) is 5.54. The van der Waals surface area contributed by atoms with Crippen molar-refractivity contribution in [3.63, 3.8) is 0 Å². The van der Waals surface area contributed by atoms with Gasteiger partial charge in [-0.25, -0.2) is 0 Å². The lowest BCUT2D eigenvalue weighted by atomic mass is 9.75. The second-order valence-electron chi connectivity index (χ2n) is 8.69. The van der Waals surface area contributed by atoms with Crippen LogP contribution in [0, 0.1) is 18.3 Å². The van der Waals surface area contributed by atoms with Gasteiger partial charge in [-0.3, -0.25) is 4.79 Å². The maximum atomic E-state index is 14.5. The minimum Gasteiger partial charge on any atom is -0.333 e. The molecule has 0 bridgehead atoms. The summed E-state index contributed by atoms with van der Waals surface area (Å²) in [5, 5.41) is 11.6. The predicted molar refractivity (Wildman–Crippen MR) is 109 cm³/mol. The largest absolute Gasteiger partial charge is 0.416 e. The fourth-order valence-electron chi connectivity index (χ4n) is 3.67. The van der Waals surface area contributed by atoms with E-state index in [1.165, 1.54) is 12.1 Å². The van der Waals surface area contributed by atoms with Gasteiger partial charge in [-0.1, -0.05) is 74.9 Å². The molecule has 1 aliphatic heterocycles. The minimum atomic E-state index is -4.76. The highest BCUT2D eigenvalue weighted by Crippen LogP contribution is 2.48.